The molecular weight excluding hydrogens is 268 g/mol. The number of esters is 1. The van der Waals surface area contributed by atoms with Crippen molar-refractivity contribution in [1.29, 1.82) is 0 Å². The molecular formula is C17H16O4. The number of benzene rings is 2. The Balaban J connectivity index is 2.06. The van der Waals surface area contributed by atoms with Crippen LogP contribution >= 0.6 is 0 Å². The number of aromatic hydroxyl groups is 1. The number of ether oxygens (including phenoxy) is 2. The van der Waals surface area contributed by atoms with Crippen LogP contribution in [0.4, 0.5) is 0 Å². The minimum absolute atomic E-state index is 0.135. The lowest BCUT2D eigenvalue weighted by molar-refractivity contribution is 0.0247. The summed E-state index contributed by atoms with van der Waals surface area (Å²) in [7, 11) is 1.47. The van der Waals surface area contributed by atoms with E-state index in [1.54, 1.807) is 0 Å². The number of cyclic esters (lactones) is 1. The van der Waals surface area contributed by atoms with Gasteiger partial charge in [0.15, 0.2) is 11.5 Å². The van der Waals surface area contributed by atoms with Gasteiger partial charge in [0.1, 0.15) is 11.7 Å². The second-order valence-electron chi connectivity index (χ2n) is 5.12. The molecule has 0 saturated heterocycles. The number of aryl methyl sites for hydroxylation is 1. The average Bonchev–Trinajstić information content (AvgIpc) is 2.47. The molecule has 1 aliphatic heterocycles. The van der Waals surface area contributed by atoms with Gasteiger partial charge >= 0.3 is 5.97 Å². The van der Waals surface area contributed by atoms with Crippen LogP contribution < -0.4 is 4.74 Å². The predicted molar refractivity (Wildman–Crippen MR) is 77.7 cm³/mol. The van der Waals surface area contributed by atoms with Crippen molar-refractivity contribution in [2.45, 2.75) is 19.4 Å². The minimum atomic E-state index is -0.513. The molecule has 3 rings (SSSR count). The van der Waals surface area contributed by atoms with E-state index < -0.39 is 5.97 Å². The van der Waals surface area contributed by atoms with Crippen LogP contribution in [-0.2, 0) is 11.2 Å². The first kappa shape index (κ1) is 13.5. The smallest absolute Gasteiger partial charge is 0.342 e. The van der Waals surface area contributed by atoms with Crippen molar-refractivity contribution < 1.29 is 19.4 Å². The number of methoxy groups -OCH3 is 1. The molecule has 1 heterocycles. The minimum Gasteiger partial charge on any atom is -0.504 e. The summed E-state index contributed by atoms with van der Waals surface area (Å²) >= 11 is 0. The molecule has 0 radical (unpaired) electrons. The first-order valence-corrected chi connectivity index (χ1v) is 6.77. The zero-order valence-corrected chi connectivity index (χ0v) is 11.9. The second-order valence-corrected chi connectivity index (χ2v) is 5.12. The summed E-state index contributed by atoms with van der Waals surface area (Å²) in [6.07, 6.45) is 0.224. The van der Waals surface area contributed by atoms with Crippen LogP contribution in [0.5, 0.6) is 11.5 Å². The van der Waals surface area contributed by atoms with Gasteiger partial charge < -0.3 is 14.6 Å². The van der Waals surface area contributed by atoms with Gasteiger partial charge in [-0.15, -0.1) is 0 Å². The number of carbonyl (C=O) groups is 1. The highest BCUT2D eigenvalue weighted by Crippen LogP contribution is 2.41. The van der Waals surface area contributed by atoms with E-state index in [2.05, 4.69) is 0 Å². The quantitative estimate of drug-likeness (QED) is 0.861. The molecule has 0 bridgehead atoms. The van der Waals surface area contributed by atoms with E-state index >= 15 is 0 Å². The van der Waals surface area contributed by atoms with E-state index in [0.717, 1.165) is 16.7 Å². The van der Waals surface area contributed by atoms with Gasteiger partial charge in [0.05, 0.1) is 7.11 Å². The third-order valence-electron chi connectivity index (χ3n) is 3.76. The molecule has 0 saturated carbocycles. The Kier molecular flexibility index (Phi) is 3.29. The lowest BCUT2D eigenvalue weighted by Gasteiger charge is -2.26. The van der Waals surface area contributed by atoms with E-state index in [0.29, 0.717) is 12.2 Å². The van der Waals surface area contributed by atoms with Crippen LogP contribution in [0.15, 0.2) is 36.4 Å². The highest BCUT2D eigenvalue weighted by molar-refractivity contribution is 5.96. The van der Waals surface area contributed by atoms with Crippen LogP contribution in [0.1, 0.15) is 33.2 Å². The Bertz CT molecular complexity index is 692. The van der Waals surface area contributed by atoms with Crippen LogP contribution in [0, 0.1) is 6.92 Å². The molecule has 0 aromatic heterocycles. The monoisotopic (exact) mass is 284 g/mol. The SMILES string of the molecule is COc1c(C)cc2c(c1O)C(=O)OC(c1ccccc1)C2. The van der Waals surface area contributed by atoms with Gasteiger partial charge in [0.2, 0.25) is 0 Å². The molecule has 2 aromatic carbocycles. The summed E-state index contributed by atoms with van der Waals surface area (Å²) in [5.74, 6) is -0.325. The van der Waals surface area contributed by atoms with Crippen molar-refractivity contribution in [2.75, 3.05) is 7.11 Å². The van der Waals surface area contributed by atoms with E-state index in [4.69, 9.17) is 9.47 Å². The molecule has 108 valence electrons. The fourth-order valence-corrected chi connectivity index (χ4v) is 2.78. The Hall–Kier alpha value is -2.49. The summed E-state index contributed by atoms with van der Waals surface area (Å²) in [5, 5.41) is 10.2. The summed E-state index contributed by atoms with van der Waals surface area (Å²) < 4.78 is 10.6. The fraction of sp³-hybridized carbons (Fsp3) is 0.235. The van der Waals surface area contributed by atoms with E-state index in [1.165, 1.54) is 7.11 Å². The summed E-state index contributed by atoms with van der Waals surface area (Å²) in [5.41, 5.74) is 2.75. The third kappa shape index (κ3) is 2.23. The lowest BCUT2D eigenvalue weighted by atomic mass is 9.92. The van der Waals surface area contributed by atoms with Crippen LogP contribution in [-0.4, -0.2) is 18.2 Å². The molecule has 1 atom stereocenters. The number of hydrogen-bond acceptors (Lipinski definition) is 4. The third-order valence-corrected chi connectivity index (χ3v) is 3.76. The fourth-order valence-electron chi connectivity index (χ4n) is 2.78. The normalized spacial score (nSPS) is 17.0. The molecule has 4 nitrogen and oxygen atoms in total. The zero-order valence-electron chi connectivity index (χ0n) is 11.9. The van der Waals surface area contributed by atoms with Crippen molar-refractivity contribution in [1.82, 2.24) is 0 Å². The first-order chi connectivity index (χ1) is 10.1. The maximum Gasteiger partial charge on any atom is 0.342 e. The molecule has 1 N–H and O–H groups in total. The molecule has 2 aromatic rings. The van der Waals surface area contributed by atoms with Gasteiger partial charge in [0, 0.05) is 6.42 Å². The van der Waals surface area contributed by atoms with E-state index in [-0.39, 0.29) is 17.4 Å². The number of hydrogen-bond donors (Lipinski definition) is 1. The standard InChI is InChI=1S/C17H16O4/c1-10-8-12-9-13(11-6-4-3-5-7-11)21-17(19)14(12)15(18)16(10)20-2/h3-8,13,18H,9H2,1-2H3. The molecule has 0 spiro atoms. The van der Waals surface area contributed by atoms with Crippen LogP contribution in [0.2, 0.25) is 0 Å². The van der Waals surface area contributed by atoms with Crippen LogP contribution in [0.3, 0.4) is 0 Å². The topological polar surface area (TPSA) is 55.8 Å². The maximum atomic E-state index is 12.2. The molecule has 0 amide bonds. The van der Waals surface area contributed by atoms with Gasteiger partial charge in [-0.1, -0.05) is 36.4 Å². The summed E-state index contributed by atoms with van der Waals surface area (Å²) in [6, 6.07) is 11.5. The van der Waals surface area contributed by atoms with E-state index in [9.17, 15) is 9.90 Å². The van der Waals surface area contributed by atoms with Crippen molar-refractivity contribution in [3.63, 3.8) is 0 Å². The van der Waals surface area contributed by atoms with Crippen molar-refractivity contribution >= 4 is 5.97 Å². The predicted octanol–water partition coefficient (Wildman–Crippen LogP) is 3.16. The summed E-state index contributed by atoms with van der Waals surface area (Å²) in [4.78, 5) is 12.2. The Morgan fingerprint density at radius 1 is 1.29 bits per heavy atom. The van der Waals surface area contributed by atoms with Crippen molar-refractivity contribution in [3.05, 3.63) is 58.7 Å². The largest absolute Gasteiger partial charge is 0.504 e. The molecule has 0 fully saturated rings. The maximum absolute atomic E-state index is 12.2. The van der Waals surface area contributed by atoms with Gasteiger partial charge in [-0.25, -0.2) is 4.79 Å². The van der Waals surface area contributed by atoms with Crippen molar-refractivity contribution in [2.24, 2.45) is 0 Å². The first-order valence-electron chi connectivity index (χ1n) is 6.77. The Morgan fingerprint density at radius 2 is 2.00 bits per heavy atom. The number of fused-ring (bicyclic) bond motifs is 1. The number of carbonyl (C=O) groups excluding carboxylic acids is 1. The molecule has 1 unspecified atom stereocenters. The average molecular weight is 284 g/mol. The molecule has 21 heavy (non-hydrogen) atoms. The number of phenols is 1. The highest BCUT2D eigenvalue weighted by Gasteiger charge is 2.32. The van der Waals surface area contributed by atoms with Gasteiger partial charge in [0.25, 0.3) is 0 Å². The Labute approximate surface area is 122 Å². The number of rotatable bonds is 2. The van der Waals surface area contributed by atoms with E-state index in [1.807, 2.05) is 43.3 Å². The molecule has 1 aliphatic rings. The number of phenolic OH excluding ortho intramolecular Hbond substituents is 1. The summed E-state index contributed by atoms with van der Waals surface area (Å²) in [6.45, 7) is 1.84. The lowest BCUT2D eigenvalue weighted by Crippen LogP contribution is -2.22. The highest BCUT2D eigenvalue weighted by atomic mass is 16.5. The second kappa shape index (κ2) is 5.13. The molecule has 0 aliphatic carbocycles. The van der Waals surface area contributed by atoms with Gasteiger partial charge in [-0.3, -0.25) is 0 Å². The zero-order chi connectivity index (χ0) is 15.0. The van der Waals surface area contributed by atoms with Gasteiger partial charge in [-0.05, 0) is 23.6 Å². The van der Waals surface area contributed by atoms with Gasteiger partial charge in [-0.2, -0.15) is 0 Å². The van der Waals surface area contributed by atoms with Crippen LogP contribution in [0.25, 0.3) is 0 Å². The molecule has 4 heteroatoms. The van der Waals surface area contributed by atoms with Crippen molar-refractivity contribution in [3.8, 4) is 11.5 Å². The Morgan fingerprint density at radius 3 is 2.67 bits per heavy atom.